The van der Waals surface area contributed by atoms with Crippen molar-refractivity contribution in [3.8, 4) is 0 Å². The van der Waals surface area contributed by atoms with Crippen molar-refractivity contribution in [1.82, 2.24) is 10.5 Å². The molecule has 5 heteroatoms. The van der Waals surface area contributed by atoms with Crippen LogP contribution >= 0.6 is 0 Å². The molecule has 1 amide bonds. The number of aromatic nitrogens is 1. The highest BCUT2D eigenvalue weighted by molar-refractivity contribution is 5.76. The minimum atomic E-state index is -0.251. The lowest BCUT2D eigenvalue weighted by Gasteiger charge is -2.18. The fourth-order valence-electron chi connectivity index (χ4n) is 3.95. The van der Waals surface area contributed by atoms with Gasteiger partial charge in [-0.25, -0.2) is 0 Å². The van der Waals surface area contributed by atoms with Crippen LogP contribution in [-0.2, 0) is 11.2 Å². The van der Waals surface area contributed by atoms with Crippen LogP contribution in [0.15, 0.2) is 15.4 Å². The number of carbonyl (C=O) groups is 1. The molecule has 0 spiro atoms. The first-order valence-corrected chi connectivity index (χ1v) is 7.66. The lowest BCUT2D eigenvalue weighted by atomic mass is 9.92. The lowest BCUT2D eigenvalue weighted by Crippen LogP contribution is -2.31. The number of rotatable bonds is 5. The average Bonchev–Trinajstić information content (AvgIpc) is 3.11. The van der Waals surface area contributed by atoms with Gasteiger partial charge in [0.05, 0.1) is 0 Å². The summed E-state index contributed by atoms with van der Waals surface area (Å²) in [6.45, 7) is 0.817. The number of H-pyrrole nitrogens is 1. The van der Waals surface area contributed by atoms with Gasteiger partial charge in [0.15, 0.2) is 0 Å². The number of carbonyl (C=O) groups excluding carboxylic acids is 1. The summed E-state index contributed by atoms with van der Waals surface area (Å²) >= 11 is 0. The Hall–Kier alpha value is -1.52. The predicted molar refractivity (Wildman–Crippen MR) is 74.2 cm³/mol. The molecule has 0 radical (unpaired) electrons. The summed E-state index contributed by atoms with van der Waals surface area (Å²) in [5.41, 5.74) is -0.251. The van der Waals surface area contributed by atoms with Gasteiger partial charge in [-0.2, -0.15) is 5.16 Å². The van der Waals surface area contributed by atoms with Gasteiger partial charge in [0, 0.05) is 25.5 Å². The van der Waals surface area contributed by atoms with Crippen molar-refractivity contribution >= 4 is 5.91 Å². The Labute approximate surface area is 118 Å². The highest BCUT2D eigenvalue weighted by atomic mass is 16.5. The largest absolute Gasteiger partial charge is 0.384 e. The third-order valence-electron chi connectivity index (χ3n) is 4.97. The lowest BCUT2D eigenvalue weighted by molar-refractivity contribution is -0.121. The minimum absolute atomic E-state index is 0.0512. The molecule has 2 saturated carbocycles. The van der Waals surface area contributed by atoms with Crippen LogP contribution in [-0.4, -0.2) is 17.6 Å². The molecule has 0 aromatic carbocycles. The molecule has 5 nitrogen and oxygen atoms in total. The SMILES string of the molecule is O=C(CCc1cc(=O)[nH]o1)NC[C@H]1CC[C@@H]2CCC[C@@H]21. The van der Waals surface area contributed by atoms with Crippen molar-refractivity contribution < 1.29 is 9.32 Å². The topological polar surface area (TPSA) is 75.1 Å². The Kier molecular flexibility index (Phi) is 3.94. The van der Waals surface area contributed by atoms with Gasteiger partial charge in [-0.05, 0) is 37.0 Å². The standard InChI is InChI=1S/C15H22N2O3/c18-14(7-6-12-8-15(19)17-20-12)16-9-11-5-4-10-2-1-3-13(10)11/h8,10-11,13H,1-7,9H2,(H,16,18)(H,17,19)/t10-,11+,13-/m0/s1. The van der Waals surface area contributed by atoms with E-state index in [1.165, 1.54) is 38.2 Å². The molecule has 3 rings (SSSR count). The van der Waals surface area contributed by atoms with E-state index in [-0.39, 0.29) is 11.5 Å². The van der Waals surface area contributed by atoms with Crippen molar-refractivity contribution in [1.29, 1.82) is 0 Å². The summed E-state index contributed by atoms with van der Waals surface area (Å²) in [4.78, 5) is 22.7. The van der Waals surface area contributed by atoms with E-state index in [1.807, 2.05) is 0 Å². The fraction of sp³-hybridized carbons (Fsp3) is 0.733. The van der Waals surface area contributed by atoms with E-state index in [4.69, 9.17) is 4.52 Å². The van der Waals surface area contributed by atoms with Crippen LogP contribution in [0.1, 0.15) is 44.3 Å². The molecule has 3 atom stereocenters. The molecule has 2 fully saturated rings. The normalized spacial score (nSPS) is 28.5. The summed E-state index contributed by atoms with van der Waals surface area (Å²) < 4.78 is 4.93. The average molecular weight is 278 g/mol. The van der Waals surface area contributed by atoms with Gasteiger partial charge >= 0.3 is 0 Å². The molecule has 2 N–H and O–H groups in total. The number of hydrogen-bond donors (Lipinski definition) is 2. The Morgan fingerprint density at radius 2 is 2.25 bits per heavy atom. The molecule has 110 valence electrons. The maximum Gasteiger partial charge on any atom is 0.280 e. The number of aryl methyl sites for hydroxylation is 1. The van der Waals surface area contributed by atoms with Crippen LogP contribution in [0, 0.1) is 17.8 Å². The van der Waals surface area contributed by atoms with Gasteiger partial charge in [-0.15, -0.1) is 0 Å². The summed E-state index contributed by atoms with van der Waals surface area (Å²) in [5.74, 6) is 3.04. The monoisotopic (exact) mass is 278 g/mol. The van der Waals surface area contributed by atoms with Crippen LogP contribution < -0.4 is 10.9 Å². The zero-order chi connectivity index (χ0) is 13.9. The zero-order valence-electron chi connectivity index (χ0n) is 11.7. The molecule has 1 aromatic heterocycles. The number of hydrogen-bond acceptors (Lipinski definition) is 3. The second kappa shape index (κ2) is 5.85. The van der Waals surface area contributed by atoms with Crippen molar-refractivity contribution in [2.45, 2.75) is 44.9 Å². The van der Waals surface area contributed by atoms with Gasteiger partial charge in [-0.3, -0.25) is 9.59 Å². The molecule has 1 heterocycles. The van der Waals surface area contributed by atoms with Crippen LogP contribution in [0.2, 0.25) is 0 Å². The van der Waals surface area contributed by atoms with Crippen LogP contribution in [0.25, 0.3) is 0 Å². The summed E-state index contributed by atoms with van der Waals surface area (Å²) in [6.07, 6.45) is 7.57. The fourth-order valence-corrected chi connectivity index (χ4v) is 3.95. The first kappa shape index (κ1) is 13.5. The first-order valence-electron chi connectivity index (χ1n) is 7.66. The number of amides is 1. The third kappa shape index (κ3) is 2.97. The Balaban J connectivity index is 1.40. The van der Waals surface area contributed by atoms with Crippen molar-refractivity contribution in [2.24, 2.45) is 17.8 Å². The zero-order valence-corrected chi connectivity index (χ0v) is 11.7. The van der Waals surface area contributed by atoms with Crippen LogP contribution in [0.3, 0.4) is 0 Å². The van der Waals surface area contributed by atoms with Crippen molar-refractivity contribution in [2.75, 3.05) is 6.54 Å². The second-order valence-corrected chi connectivity index (χ2v) is 6.18. The number of fused-ring (bicyclic) bond motifs is 1. The summed E-state index contributed by atoms with van der Waals surface area (Å²) in [5, 5.41) is 5.28. The molecule has 0 aliphatic heterocycles. The highest BCUT2D eigenvalue weighted by Gasteiger charge is 2.38. The summed E-state index contributed by atoms with van der Waals surface area (Å²) in [6, 6.07) is 1.40. The van der Waals surface area contributed by atoms with Crippen molar-refractivity contribution in [3.63, 3.8) is 0 Å². The number of aromatic amines is 1. The maximum absolute atomic E-state index is 11.8. The van der Waals surface area contributed by atoms with Crippen molar-refractivity contribution in [3.05, 3.63) is 22.2 Å². The van der Waals surface area contributed by atoms with Gasteiger partial charge in [0.1, 0.15) is 5.76 Å². The smallest absolute Gasteiger partial charge is 0.280 e. The molecule has 0 bridgehead atoms. The van der Waals surface area contributed by atoms with E-state index in [0.717, 1.165) is 18.4 Å². The van der Waals surface area contributed by atoms with E-state index in [9.17, 15) is 9.59 Å². The van der Waals surface area contributed by atoms with E-state index in [1.54, 1.807) is 0 Å². The minimum Gasteiger partial charge on any atom is -0.384 e. The molecule has 2 aliphatic rings. The molecule has 0 saturated heterocycles. The van der Waals surface area contributed by atoms with Gasteiger partial charge < -0.3 is 9.84 Å². The predicted octanol–water partition coefficient (Wildman–Crippen LogP) is 1.84. The van der Waals surface area contributed by atoms with Gasteiger partial charge in [0.25, 0.3) is 5.56 Å². The van der Waals surface area contributed by atoms with E-state index < -0.39 is 0 Å². The van der Waals surface area contributed by atoms with E-state index in [0.29, 0.717) is 24.5 Å². The molecule has 1 aromatic rings. The quantitative estimate of drug-likeness (QED) is 0.863. The Morgan fingerprint density at radius 3 is 3.05 bits per heavy atom. The molecular formula is C15H22N2O3. The third-order valence-corrected chi connectivity index (χ3v) is 4.97. The summed E-state index contributed by atoms with van der Waals surface area (Å²) in [7, 11) is 0. The van der Waals surface area contributed by atoms with Gasteiger partial charge in [-0.1, -0.05) is 12.8 Å². The van der Waals surface area contributed by atoms with Crippen LogP contribution in [0.5, 0.6) is 0 Å². The Morgan fingerprint density at radius 1 is 1.35 bits per heavy atom. The number of nitrogens with one attached hydrogen (secondary N) is 2. The van der Waals surface area contributed by atoms with Gasteiger partial charge in [0.2, 0.25) is 5.91 Å². The molecule has 2 aliphatic carbocycles. The maximum atomic E-state index is 11.8. The molecular weight excluding hydrogens is 256 g/mol. The Bertz CT molecular complexity index is 519. The first-order chi connectivity index (χ1) is 9.72. The highest BCUT2D eigenvalue weighted by Crippen LogP contribution is 2.47. The van der Waals surface area contributed by atoms with E-state index in [2.05, 4.69) is 10.5 Å². The second-order valence-electron chi connectivity index (χ2n) is 6.18. The van der Waals surface area contributed by atoms with E-state index >= 15 is 0 Å². The van der Waals surface area contributed by atoms with Crippen LogP contribution in [0.4, 0.5) is 0 Å². The molecule has 20 heavy (non-hydrogen) atoms. The molecule has 0 unspecified atom stereocenters.